The number of aromatic nitrogens is 3. The molecule has 1 heterocycles. The van der Waals surface area contributed by atoms with Crippen LogP contribution < -0.4 is 4.72 Å². The Labute approximate surface area is 176 Å². The summed E-state index contributed by atoms with van der Waals surface area (Å²) >= 11 is 7.14. The van der Waals surface area contributed by atoms with Crippen molar-refractivity contribution in [3.8, 4) is 5.75 Å². The van der Waals surface area contributed by atoms with E-state index in [4.69, 9.17) is 11.6 Å². The minimum absolute atomic E-state index is 0.0314. The van der Waals surface area contributed by atoms with Crippen LogP contribution >= 0.6 is 23.4 Å². The van der Waals surface area contributed by atoms with Gasteiger partial charge in [0.15, 0.2) is 5.16 Å². The standard InChI is InChI=1S/C19H15ClN4O3S2/c1-11-6-7-12(20)8-17(11)29(26,27)24-15-9-16(28-19-21-10-22-23-19)18(25)14-5-3-2-4-13(14)15/h2-10,24-25H,1H3,(H,21,22,23). The number of nitrogens with one attached hydrogen (secondary N) is 2. The van der Waals surface area contributed by atoms with Gasteiger partial charge in [-0.2, -0.15) is 5.10 Å². The Bertz CT molecular complexity index is 1310. The lowest BCUT2D eigenvalue weighted by Gasteiger charge is -2.15. The third-order valence-corrected chi connectivity index (χ3v) is 6.93. The molecule has 7 nitrogen and oxygen atoms in total. The van der Waals surface area contributed by atoms with E-state index in [2.05, 4.69) is 19.9 Å². The summed E-state index contributed by atoms with van der Waals surface area (Å²) in [5, 5.41) is 19.1. The summed E-state index contributed by atoms with van der Waals surface area (Å²) in [5.74, 6) is 0.0314. The van der Waals surface area contributed by atoms with E-state index in [0.717, 1.165) is 11.8 Å². The number of H-pyrrole nitrogens is 1. The predicted octanol–water partition coefficient (Wildman–Crippen LogP) is 4.58. The quantitative estimate of drug-likeness (QED) is 0.387. The van der Waals surface area contributed by atoms with Crippen molar-refractivity contribution in [3.63, 3.8) is 0 Å². The number of nitrogens with zero attached hydrogens (tertiary/aromatic N) is 2. The third-order valence-electron chi connectivity index (χ3n) is 4.26. The third kappa shape index (κ3) is 3.89. The summed E-state index contributed by atoms with van der Waals surface area (Å²) in [7, 11) is -3.91. The van der Waals surface area contributed by atoms with Gasteiger partial charge in [0.25, 0.3) is 10.0 Å². The first-order valence-corrected chi connectivity index (χ1v) is 11.1. The van der Waals surface area contributed by atoms with Crippen LogP contribution in [0.3, 0.4) is 0 Å². The zero-order chi connectivity index (χ0) is 20.6. The predicted molar refractivity (Wildman–Crippen MR) is 113 cm³/mol. The number of rotatable bonds is 5. The molecule has 0 atom stereocenters. The van der Waals surface area contributed by atoms with E-state index < -0.39 is 10.0 Å². The summed E-state index contributed by atoms with van der Waals surface area (Å²) in [6.07, 6.45) is 1.35. The average Bonchev–Trinajstić information content (AvgIpc) is 3.20. The molecule has 0 saturated heterocycles. The molecule has 10 heteroatoms. The summed E-state index contributed by atoms with van der Waals surface area (Å²) in [4.78, 5) is 4.56. The SMILES string of the molecule is Cc1ccc(Cl)cc1S(=O)(=O)Nc1cc(Sc2ncn[nH]2)c(O)c2ccccc12. The maximum atomic E-state index is 13.1. The van der Waals surface area contributed by atoms with E-state index in [9.17, 15) is 13.5 Å². The smallest absolute Gasteiger partial charge is 0.262 e. The van der Waals surface area contributed by atoms with Gasteiger partial charge in [-0.3, -0.25) is 9.82 Å². The van der Waals surface area contributed by atoms with Crippen molar-refractivity contribution in [2.75, 3.05) is 4.72 Å². The fourth-order valence-corrected chi connectivity index (χ4v) is 5.28. The number of aromatic hydroxyl groups is 1. The largest absolute Gasteiger partial charge is 0.506 e. The van der Waals surface area contributed by atoms with Gasteiger partial charge >= 0.3 is 0 Å². The molecule has 0 saturated carbocycles. The van der Waals surface area contributed by atoms with Crippen LogP contribution in [0, 0.1) is 6.92 Å². The Morgan fingerprint density at radius 3 is 2.62 bits per heavy atom. The Morgan fingerprint density at radius 1 is 1.14 bits per heavy atom. The molecule has 4 aromatic rings. The Morgan fingerprint density at radius 2 is 1.90 bits per heavy atom. The molecule has 148 valence electrons. The maximum Gasteiger partial charge on any atom is 0.262 e. The lowest BCUT2D eigenvalue weighted by Crippen LogP contribution is -2.14. The molecule has 3 N–H and O–H groups in total. The first-order valence-electron chi connectivity index (χ1n) is 8.42. The van der Waals surface area contributed by atoms with Crippen molar-refractivity contribution in [2.24, 2.45) is 0 Å². The number of benzene rings is 3. The van der Waals surface area contributed by atoms with Gasteiger partial charge in [-0.25, -0.2) is 13.4 Å². The molecule has 0 spiro atoms. The second-order valence-corrected chi connectivity index (χ2v) is 9.34. The van der Waals surface area contributed by atoms with Crippen molar-refractivity contribution in [2.45, 2.75) is 21.9 Å². The van der Waals surface area contributed by atoms with E-state index in [1.54, 1.807) is 49.4 Å². The molecule has 0 amide bonds. The van der Waals surface area contributed by atoms with Crippen molar-refractivity contribution in [1.29, 1.82) is 0 Å². The van der Waals surface area contributed by atoms with Crippen molar-refractivity contribution in [1.82, 2.24) is 15.2 Å². The van der Waals surface area contributed by atoms with E-state index in [0.29, 0.717) is 37.1 Å². The highest BCUT2D eigenvalue weighted by Crippen LogP contribution is 2.42. The monoisotopic (exact) mass is 446 g/mol. The number of hydrogen-bond donors (Lipinski definition) is 3. The van der Waals surface area contributed by atoms with Crippen LogP contribution in [-0.4, -0.2) is 28.7 Å². The van der Waals surface area contributed by atoms with Gasteiger partial charge in [0.05, 0.1) is 15.5 Å². The average molecular weight is 447 g/mol. The Hall–Kier alpha value is -2.75. The van der Waals surface area contributed by atoms with E-state index in [-0.39, 0.29) is 10.6 Å². The number of aromatic amines is 1. The van der Waals surface area contributed by atoms with Gasteiger partial charge in [0, 0.05) is 15.8 Å². The molecular formula is C19H15ClN4O3S2. The molecule has 3 aromatic carbocycles. The van der Waals surface area contributed by atoms with E-state index in [1.165, 1.54) is 12.4 Å². The summed E-state index contributed by atoms with van der Waals surface area (Å²) in [5.41, 5.74) is 0.904. The highest BCUT2D eigenvalue weighted by atomic mass is 35.5. The number of anilines is 1. The van der Waals surface area contributed by atoms with Crippen LogP contribution in [0.15, 0.2) is 69.8 Å². The van der Waals surface area contributed by atoms with Gasteiger partial charge in [-0.1, -0.05) is 41.9 Å². The number of hydrogen-bond acceptors (Lipinski definition) is 6. The topological polar surface area (TPSA) is 108 Å². The van der Waals surface area contributed by atoms with Gasteiger partial charge in [-0.05, 0) is 42.4 Å². The van der Waals surface area contributed by atoms with Gasteiger partial charge in [0.2, 0.25) is 0 Å². The lowest BCUT2D eigenvalue weighted by molar-refractivity contribution is 0.469. The zero-order valence-corrected chi connectivity index (χ0v) is 17.4. The summed E-state index contributed by atoms with van der Waals surface area (Å²) < 4.78 is 28.8. The molecule has 1 aromatic heterocycles. The summed E-state index contributed by atoms with van der Waals surface area (Å²) in [6.45, 7) is 1.70. The number of fused-ring (bicyclic) bond motifs is 1. The maximum absolute atomic E-state index is 13.1. The number of aryl methyl sites for hydroxylation is 1. The van der Waals surface area contributed by atoms with Crippen molar-refractivity contribution in [3.05, 3.63) is 65.4 Å². The van der Waals surface area contributed by atoms with Crippen LogP contribution in [0.25, 0.3) is 10.8 Å². The molecule has 0 aliphatic carbocycles. The summed E-state index contributed by atoms with van der Waals surface area (Å²) in [6, 6.07) is 13.3. The molecule has 0 fully saturated rings. The molecule has 0 radical (unpaired) electrons. The molecule has 0 bridgehead atoms. The van der Waals surface area contributed by atoms with Crippen molar-refractivity contribution < 1.29 is 13.5 Å². The molecule has 4 rings (SSSR count). The fraction of sp³-hybridized carbons (Fsp3) is 0.0526. The fourth-order valence-electron chi connectivity index (χ4n) is 2.91. The first-order chi connectivity index (χ1) is 13.8. The number of phenols is 1. The lowest BCUT2D eigenvalue weighted by atomic mass is 10.1. The molecule has 29 heavy (non-hydrogen) atoms. The van der Waals surface area contributed by atoms with Crippen molar-refractivity contribution >= 4 is 49.8 Å². The highest BCUT2D eigenvalue weighted by molar-refractivity contribution is 7.99. The zero-order valence-electron chi connectivity index (χ0n) is 15.0. The van der Waals surface area contributed by atoms with Crippen LogP contribution in [0.4, 0.5) is 5.69 Å². The minimum Gasteiger partial charge on any atom is -0.506 e. The Kier molecular flexibility index (Phi) is 5.12. The van der Waals surface area contributed by atoms with Gasteiger partial charge < -0.3 is 5.11 Å². The first kappa shape index (κ1) is 19.6. The normalized spacial score (nSPS) is 11.7. The number of sulfonamides is 1. The molecule has 0 aliphatic heterocycles. The van der Waals surface area contributed by atoms with Crippen LogP contribution in [0.1, 0.15) is 5.56 Å². The minimum atomic E-state index is -3.91. The second kappa shape index (κ2) is 7.58. The van der Waals surface area contributed by atoms with Crippen LogP contribution in [-0.2, 0) is 10.0 Å². The number of phenolic OH excluding ortho intramolecular Hbond substituents is 1. The second-order valence-electron chi connectivity index (χ2n) is 6.22. The van der Waals surface area contributed by atoms with Gasteiger partial charge in [-0.15, -0.1) is 0 Å². The Balaban J connectivity index is 1.84. The molecule has 0 unspecified atom stereocenters. The number of halogens is 1. The molecule has 0 aliphatic rings. The van der Waals surface area contributed by atoms with Gasteiger partial charge in [0.1, 0.15) is 12.1 Å². The van der Waals surface area contributed by atoms with Crippen LogP contribution in [0.5, 0.6) is 5.75 Å². The van der Waals surface area contributed by atoms with E-state index in [1.807, 2.05) is 0 Å². The molecular weight excluding hydrogens is 432 g/mol. The van der Waals surface area contributed by atoms with Crippen LogP contribution in [0.2, 0.25) is 5.02 Å². The highest BCUT2D eigenvalue weighted by Gasteiger charge is 2.21. The van der Waals surface area contributed by atoms with E-state index >= 15 is 0 Å².